The van der Waals surface area contributed by atoms with Crippen LogP contribution in [-0.4, -0.2) is 21.8 Å². The van der Waals surface area contributed by atoms with E-state index in [4.69, 9.17) is 11.6 Å². The van der Waals surface area contributed by atoms with Gasteiger partial charge in [0, 0.05) is 10.6 Å². The van der Waals surface area contributed by atoms with Gasteiger partial charge in [0.05, 0.1) is 21.8 Å². The van der Waals surface area contributed by atoms with Crippen LogP contribution >= 0.6 is 22.9 Å². The number of hydrogen-bond acceptors (Lipinski definition) is 5. The Labute approximate surface area is 197 Å². The first-order chi connectivity index (χ1) is 15.8. The summed E-state index contributed by atoms with van der Waals surface area (Å²) >= 11 is 7.15. The Morgan fingerprint density at radius 3 is 2.45 bits per heavy atom. The predicted molar refractivity (Wildman–Crippen MR) is 127 cm³/mol. The molecule has 5 nitrogen and oxygen atoms in total. The van der Waals surface area contributed by atoms with Crippen LogP contribution < -0.4 is 4.90 Å². The number of carbonyl (C=O) groups excluding carboxylic acids is 2. The molecule has 33 heavy (non-hydrogen) atoms. The summed E-state index contributed by atoms with van der Waals surface area (Å²) in [6.07, 6.45) is 0. The summed E-state index contributed by atoms with van der Waals surface area (Å²) in [4.78, 5) is 32.1. The van der Waals surface area contributed by atoms with Crippen molar-refractivity contribution < 1.29 is 19.1 Å². The van der Waals surface area contributed by atoms with Gasteiger partial charge in [-0.3, -0.25) is 14.5 Å². The van der Waals surface area contributed by atoms with Crippen LogP contribution in [0.1, 0.15) is 22.7 Å². The zero-order valence-corrected chi connectivity index (χ0v) is 18.8. The Morgan fingerprint density at radius 2 is 1.76 bits per heavy atom. The van der Waals surface area contributed by atoms with Crippen LogP contribution in [-0.2, 0) is 9.59 Å². The van der Waals surface area contributed by atoms with E-state index >= 15 is 0 Å². The van der Waals surface area contributed by atoms with Gasteiger partial charge in [-0.05, 0) is 42.8 Å². The fourth-order valence-corrected chi connectivity index (χ4v) is 4.99. The Morgan fingerprint density at radius 1 is 1.06 bits per heavy atom. The molecule has 1 aromatic heterocycles. The number of thiazole rings is 1. The number of halogens is 2. The first kappa shape index (κ1) is 21.3. The second kappa shape index (κ2) is 8.10. The number of aromatic nitrogens is 1. The van der Waals surface area contributed by atoms with Gasteiger partial charge in [0.25, 0.3) is 5.78 Å². The third kappa shape index (κ3) is 3.69. The van der Waals surface area contributed by atoms with Gasteiger partial charge in [-0.15, -0.1) is 0 Å². The van der Waals surface area contributed by atoms with Gasteiger partial charge in [-0.2, -0.15) is 0 Å². The van der Waals surface area contributed by atoms with E-state index in [9.17, 15) is 19.1 Å². The van der Waals surface area contributed by atoms with Gasteiger partial charge < -0.3 is 5.11 Å². The standard InChI is InChI=1S/C25H16ClFN2O3S/c1-13-2-4-15(5-3-13)22(30)20-21(14-6-8-16(26)9-7-14)29(24(32)23(20)31)25-28-18-11-10-17(27)12-19(18)33-25/h2-12,21,30H,1H3/t21-/m1/s1. The fraction of sp³-hybridized carbons (Fsp3) is 0.0800. The van der Waals surface area contributed by atoms with Crippen LogP contribution in [0.5, 0.6) is 0 Å². The lowest BCUT2D eigenvalue weighted by Crippen LogP contribution is -2.29. The van der Waals surface area contributed by atoms with Crippen LogP contribution in [0, 0.1) is 12.7 Å². The van der Waals surface area contributed by atoms with E-state index in [1.54, 1.807) is 36.4 Å². The first-order valence-electron chi connectivity index (χ1n) is 10.0. The van der Waals surface area contributed by atoms with Gasteiger partial charge >= 0.3 is 5.91 Å². The number of hydrogen-bond donors (Lipinski definition) is 1. The zero-order valence-electron chi connectivity index (χ0n) is 17.3. The normalized spacial score (nSPS) is 17.8. The van der Waals surface area contributed by atoms with Crippen molar-refractivity contribution >= 4 is 55.7 Å². The molecule has 8 heteroatoms. The summed E-state index contributed by atoms with van der Waals surface area (Å²) in [5.41, 5.74) is 2.45. The van der Waals surface area contributed by atoms with Gasteiger partial charge in [-0.25, -0.2) is 9.37 Å². The van der Waals surface area contributed by atoms with Crippen molar-refractivity contribution in [1.82, 2.24) is 4.98 Å². The molecule has 1 aliphatic rings. The number of ketones is 1. The Kier molecular flexibility index (Phi) is 5.23. The monoisotopic (exact) mass is 478 g/mol. The minimum atomic E-state index is -0.922. The average Bonchev–Trinajstić information content (AvgIpc) is 3.32. The number of Topliss-reactive ketones (excluding diaryl/α,β-unsaturated/α-hetero) is 1. The van der Waals surface area contributed by atoms with Gasteiger partial charge in [0.1, 0.15) is 11.6 Å². The fourth-order valence-electron chi connectivity index (χ4n) is 3.85. The molecule has 1 amide bonds. The number of aliphatic hydroxyl groups excluding tert-OH is 1. The number of benzene rings is 3. The minimum absolute atomic E-state index is 0.0448. The minimum Gasteiger partial charge on any atom is -0.507 e. The number of anilines is 1. The molecule has 1 aliphatic heterocycles. The van der Waals surface area contributed by atoms with Crippen LogP contribution in [0.4, 0.5) is 9.52 Å². The van der Waals surface area contributed by atoms with Crippen molar-refractivity contribution in [2.24, 2.45) is 0 Å². The quantitative estimate of drug-likeness (QED) is 0.222. The summed E-state index contributed by atoms with van der Waals surface area (Å²) in [5, 5.41) is 11.8. The number of carbonyl (C=O) groups is 2. The Balaban J connectivity index is 1.73. The molecule has 0 unspecified atom stereocenters. The molecule has 1 saturated heterocycles. The molecular weight excluding hydrogens is 463 g/mol. The van der Waals surface area contributed by atoms with E-state index in [0.717, 1.165) is 16.9 Å². The molecule has 5 rings (SSSR count). The predicted octanol–water partition coefficient (Wildman–Crippen LogP) is 6.02. The molecule has 0 aliphatic carbocycles. The highest BCUT2D eigenvalue weighted by atomic mass is 35.5. The molecule has 3 aromatic carbocycles. The van der Waals surface area contributed by atoms with Crippen LogP contribution in [0.25, 0.3) is 16.0 Å². The van der Waals surface area contributed by atoms with Crippen molar-refractivity contribution in [3.05, 3.63) is 99.8 Å². The largest absolute Gasteiger partial charge is 0.507 e. The summed E-state index contributed by atoms with van der Waals surface area (Å²) < 4.78 is 14.3. The van der Waals surface area contributed by atoms with Crippen LogP contribution in [0.2, 0.25) is 5.02 Å². The molecule has 0 spiro atoms. The summed E-state index contributed by atoms with van der Waals surface area (Å²) in [5.74, 6) is -2.34. The van der Waals surface area contributed by atoms with Crippen molar-refractivity contribution in [2.75, 3.05) is 4.90 Å². The summed E-state index contributed by atoms with van der Waals surface area (Å²) in [6, 6.07) is 16.9. The Bertz CT molecular complexity index is 1450. The van der Waals surface area contributed by atoms with E-state index in [1.807, 2.05) is 19.1 Å². The molecule has 1 fully saturated rings. The lowest BCUT2D eigenvalue weighted by atomic mass is 9.95. The smallest absolute Gasteiger partial charge is 0.301 e. The summed E-state index contributed by atoms with van der Waals surface area (Å²) in [7, 11) is 0. The highest BCUT2D eigenvalue weighted by Crippen LogP contribution is 2.44. The molecule has 4 aromatic rings. The number of aryl methyl sites for hydroxylation is 1. The number of fused-ring (bicyclic) bond motifs is 1. The first-order valence-corrected chi connectivity index (χ1v) is 11.2. The number of rotatable bonds is 3. The van der Waals surface area contributed by atoms with Crippen molar-refractivity contribution in [3.8, 4) is 0 Å². The molecule has 0 saturated carbocycles. The number of aliphatic hydroxyl groups is 1. The van der Waals surface area contributed by atoms with Crippen LogP contribution in [0.3, 0.4) is 0 Å². The Hall–Kier alpha value is -3.55. The number of amides is 1. The van der Waals surface area contributed by atoms with E-state index < -0.39 is 23.5 Å². The lowest BCUT2D eigenvalue weighted by Gasteiger charge is -2.23. The topological polar surface area (TPSA) is 70.5 Å². The van der Waals surface area contributed by atoms with Crippen molar-refractivity contribution in [1.29, 1.82) is 0 Å². The molecular formula is C25H16ClFN2O3S. The van der Waals surface area contributed by atoms with Crippen molar-refractivity contribution in [3.63, 3.8) is 0 Å². The third-order valence-electron chi connectivity index (χ3n) is 5.50. The maximum Gasteiger partial charge on any atom is 0.301 e. The SMILES string of the molecule is Cc1ccc(C(O)=C2C(=O)C(=O)N(c3nc4ccc(F)cc4s3)[C@@H]2c2ccc(Cl)cc2)cc1. The maximum absolute atomic E-state index is 13.7. The summed E-state index contributed by atoms with van der Waals surface area (Å²) in [6.45, 7) is 1.91. The van der Waals surface area contributed by atoms with Gasteiger partial charge in [0.2, 0.25) is 0 Å². The molecule has 0 bridgehead atoms. The maximum atomic E-state index is 13.7. The molecule has 2 heterocycles. The van der Waals surface area contributed by atoms with E-state index in [-0.39, 0.29) is 16.5 Å². The van der Waals surface area contributed by atoms with E-state index in [1.165, 1.54) is 23.1 Å². The average molecular weight is 479 g/mol. The second-order valence-electron chi connectivity index (χ2n) is 7.70. The van der Waals surface area contributed by atoms with E-state index in [2.05, 4.69) is 4.98 Å². The molecule has 1 N–H and O–H groups in total. The van der Waals surface area contributed by atoms with Gasteiger partial charge in [-0.1, -0.05) is 64.9 Å². The second-order valence-corrected chi connectivity index (χ2v) is 9.14. The molecule has 164 valence electrons. The third-order valence-corrected chi connectivity index (χ3v) is 6.77. The molecule has 1 atom stereocenters. The molecule has 0 radical (unpaired) electrons. The highest BCUT2D eigenvalue weighted by molar-refractivity contribution is 7.22. The lowest BCUT2D eigenvalue weighted by molar-refractivity contribution is -0.132. The zero-order chi connectivity index (χ0) is 23.3. The van der Waals surface area contributed by atoms with Gasteiger partial charge in [0.15, 0.2) is 5.13 Å². The number of nitrogens with zero attached hydrogens (tertiary/aromatic N) is 2. The highest BCUT2D eigenvalue weighted by Gasteiger charge is 2.48. The van der Waals surface area contributed by atoms with Crippen molar-refractivity contribution in [2.45, 2.75) is 13.0 Å². The van der Waals surface area contributed by atoms with Crippen LogP contribution in [0.15, 0.2) is 72.3 Å². The van der Waals surface area contributed by atoms with E-state index in [0.29, 0.717) is 26.4 Å².